The smallest absolute Gasteiger partial charge is 0.406 e. The van der Waals surface area contributed by atoms with Crippen LogP contribution in [-0.2, 0) is 16.0 Å². The largest absolute Gasteiger partial charge is 0.445 e. The van der Waals surface area contributed by atoms with Crippen LogP contribution in [-0.4, -0.2) is 41.6 Å². The van der Waals surface area contributed by atoms with Crippen molar-refractivity contribution in [3.8, 4) is 0 Å². The van der Waals surface area contributed by atoms with Gasteiger partial charge in [-0.15, -0.1) is 0 Å². The van der Waals surface area contributed by atoms with E-state index in [2.05, 4.69) is 0 Å². The molecule has 0 bridgehead atoms. The highest BCUT2D eigenvalue weighted by atomic mass is 19.4. The Morgan fingerprint density at radius 2 is 2.00 bits per heavy atom. The molecule has 1 aromatic carbocycles. The predicted molar refractivity (Wildman–Crippen MR) is 81.5 cm³/mol. The lowest BCUT2D eigenvalue weighted by Gasteiger charge is -2.37. The van der Waals surface area contributed by atoms with Crippen molar-refractivity contribution in [2.75, 3.05) is 13.1 Å². The number of hydrogen-bond donors (Lipinski definition) is 0. The van der Waals surface area contributed by atoms with Gasteiger partial charge in [0.2, 0.25) is 0 Å². The molecule has 0 spiro atoms. The van der Waals surface area contributed by atoms with Crippen LogP contribution in [0.15, 0.2) is 24.3 Å². The Morgan fingerprint density at radius 1 is 1.33 bits per heavy atom. The van der Waals surface area contributed by atoms with Crippen LogP contribution in [0.3, 0.4) is 0 Å². The number of hydrogen-bond acceptors (Lipinski definition) is 3. The summed E-state index contributed by atoms with van der Waals surface area (Å²) in [5.41, 5.74) is -0.671. The highest BCUT2D eigenvalue weighted by Crippen LogP contribution is 2.30. The maximum absolute atomic E-state index is 12.8. The average Bonchev–Trinajstić information content (AvgIpc) is 2.49. The van der Waals surface area contributed by atoms with Gasteiger partial charge in [-0.25, -0.2) is 4.79 Å². The van der Waals surface area contributed by atoms with Gasteiger partial charge in [0.15, 0.2) is 5.60 Å². The lowest BCUT2D eigenvalue weighted by atomic mass is 9.89. The summed E-state index contributed by atoms with van der Waals surface area (Å²) in [6.07, 6.45) is -3.34. The van der Waals surface area contributed by atoms with E-state index in [1.165, 1.54) is 6.92 Å². The molecule has 0 N–H and O–H groups in total. The molecule has 0 aliphatic carbocycles. The number of rotatable bonds is 5. The number of carbonyl (C=O) groups excluding carboxylic acids is 2. The number of nitrogens with zero attached hydrogens (tertiary/aromatic N) is 1. The zero-order valence-corrected chi connectivity index (χ0v) is 13.7. The number of amides is 1. The second-order valence-corrected chi connectivity index (χ2v) is 6.15. The first-order chi connectivity index (χ1) is 11.2. The van der Waals surface area contributed by atoms with Gasteiger partial charge in [-0.2, -0.15) is 13.2 Å². The fourth-order valence-corrected chi connectivity index (χ4v) is 2.80. The van der Waals surface area contributed by atoms with Crippen molar-refractivity contribution in [2.24, 2.45) is 0 Å². The molecule has 24 heavy (non-hydrogen) atoms. The van der Waals surface area contributed by atoms with Crippen molar-refractivity contribution in [1.82, 2.24) is 4.90 Å². The van der Waals surface area contributed by atoms with Gasteiger partial charge in [0.25, 0.3) is 5.91 Å². The normalized spacial score (nSPS) is 20.3. The lowest BCUT2D eigenvalue weighted by molar-refractivity contribution is -0.173. The van der Waals surface area contributed by atoms with Crippen LogP contribution in [0, 0.1) is 0 Å². The molecule has 0 radical (unpaired) electrons. The van der Waals surface area contributed by atoms with Crippen LogP contribution in [0.5, 0.6) is 0 Å². The Morgan fingerprint density at radius 3 is 2.62 bits per heavy atom. The summed E-state index contributed by atoms with van der Waals surface area (Å²) >= 11 is 0. The molecule has 4 nitrogen and oxygen atoms in total. The molecule has 1 aliphatic heterocycles. The number of esters is 1. The molecule has 1 unspecified atom stereocenters. The highest BCUT2D eigenvalue weighted by Gasteiger charge is 2.46. The third kappa shape index (κ3) is 4.07. The van der Waals surface area contributed by atoms with E-state index in [4.69, 9.17) is 4.74 Å². The van der Waals surface area contributed by atoms with Gasteiger partial charge in [-0.1, -0.05) is 31.5 Å². The summed E-state index contributed by atoms with van der Waals surface area (Å²) in [6, 6.07) is 6.64. The number of unbranched alkanes of at least 4 members (excludes halogenated alkanes) is 1. The highest BCUT2D eigenvalue weighted by molar-refractivity contribution is 5.97. The van der Waals surface area contributed by atoms with E-state index in [1.54, 1.807) is 24.3 Å². The zero-order valence-electron chi connectivity index (χ0n) is 13.7. The second-order valence-electron chi connectivity index (χ2n) is 6.15. The van der Waals surface area contributed by atoms with Crippen molar-refractivity contribution in [2.45, 2.75) is 44.9 Å². The molecule has 2 rings (SSSR count). The number of benzene rings is 1. The van der Waals surface area contributed by atoms with Crippen molar-refractivity contribution in [3.05, 3.63) is 35.4 Å². The van der Waals surface area contributed by atoms with E-state index in [-0.39, 0.29) is 13.0 Å². The Hall–Kier alpha value is -2.05. The average molecular weight is 343 g/mol. The van der Waals surface area contributed by atoms with E-state index in [0.717, 1.165) is 4.90 Å². The van der Waals surface area contributed by atoms with E-state index in [0.29, 0.717) is 24.0 Å². The molecule has 1 aromatic rings. The summed E-state index contributed by atoms with van der Waals surface area (Å²) in [4.78, 5) is 25.6. The molecule has 1 atom stereocenters. The van der Waals surface area contributed by atoms with E-state index < -0.39 is 30.2 Å². The quantitative estimate of drug-likeness (QED) is 0.770. The molecule has 1 heterocycles. The number of ether oxygens (including phenoxy) is 1. The SMILES string of the molecule is CCCCN(CC(F)(F)F)C(=O)C1(C)Cc2ccccc2C(=O)O1. The number of halogens is 3. The van der Waals surface area contributed by atoms with Crippen molar-refractivity contribution in [1.29, 1.82) is 0 Å². The zero-order chi connectivity index (χ0) is 18.0. The first-order valence-corrected chi connectivity index (χ1v) is 7.83. The fourth-order valence-electron chi connectivity index (χ4n) is 2.80. The Bertz CT molecular complexity index is 630. The van der Waals surface area contributed by atoms with E-state index in [9.17, 15) is 22.8 Å². The van der Waals surface area contributed by atoms with Gasteiger partial charge in [0.1, 0.15) is 6.54 Å². The lowest BCUT2D eigenvalue weighted by Crippen LogP contribution is -2.55. The van der Waals surface area contributed by atoms with Gasteiger partial charge in [-0.3, -0.25) is 4.79 Å². The Kier molecular flexibility index (Phi) is 5.20. The standard InChI is InChI=1S/C17H20F3NO3/c1-3-4-9-21(11-17(18,19)20)15(23)16(2)10-12-7-5-6-8-13(12)14(22)24-16/h5-8H,3-4,9-11H2,1-2H3. The minimum absolute atomic E-state index is 0.0242. The van der Waals surface area contributed by atoms with Crippen molar-refractivity contribution >= 4 is 11.9 Å². The Balaban J connectivity index is 2.26. The predicted octanol–water partition coefficient (Wildman–Crippen LogP) is 3.35. The van der Waals surface area contributed by atoms with Crippen molar-refractivity contribution < 1.29 is 27.5 Å². The molecule has 0 saturated carbocycles. The van der Waals surface area contributed by atoms with Crippen LogP contribution in [0.2, 0.25) is 0 Å². The maximum Gasteiger partial charge on any atom is 0.406 e. The Labute approximate surface area is 138 Å². The molecule has 0 saturated heterocycles. The van der Waals surface area contributed by atoms with Gasteiger partial charge in [0.05, 0.1) is 5.56 Å². The molecule has 132 valence electrons. The van der Waals surface area contributed by atoms with Crippen LogP contribution < -0.4 is 0 Å². The third-order valence-electron chi connectivity index (χ3n) is 3.97. The minimum atomic E-state index is -4.50. The summed E-state index contributed by atoms with van der Waals surface area (Å²) in [5.74, 6) is -1.49. The summed E-state index contributed by atoms with van der Waals surface area (Å²) in [5, 5.41) is 0. The number of alkyl halides is 3. The van der Waals surface area contributed by atoms with Crippen LogP contribution >= 0.6 is 0 Å². The molecule has 0 aromatic heterocycles. The number of carbonyl (C=O) groups is 2. The van der Waals surface area contributed by atoms with E-state index in [1.807, 2.05) is 6.92 Å². The second kappa shape index (κ2) is 6.83. The molecule has 1 amide bonds. The molecular formula is C17H20F3NO3. The maximum atomic E-state index is 12.8. The monoisotopic (exact) mass is 343 g/mol. The summed E-state index contributed by atoms with van der Waals surface area (Å²) < 4.78 is 43.6. The summed E-state index contributed by atoms with van der Waals surface area (Å²) in [6.45, 7) is 1.83. The van der Waals surface area contributed by atoms with Gasteiger partial charge >= 0.3 is 12.1 Å². The van der Waals surface area contributed by atoms with Crippen LogP contribution in [0.25, 0.3) is 0 Å². The topological polar surface area (TPSA) is 46.6 Å². The fraction of sp³-hybridized carbons (Fsp3) is 0.529. The number of cyclic esters (lactones) is 1. The van der Waals surface area contributed by atoms with Gasteiger partial charge in [-0.05, 0) is 25.0 Å². The van der Waals surface area contributed by atoms with Gasteiger partial charge in [0, 0.05) is 13.0 Å². The molecule has 7 heteroatoms. The third-order valence-corrected chi connectivity index (χ3v) is 3.97. The summed E-state index contributed by atoms with van der Waals surface area (Å²) in [7, 11) is 0. The van der Waals surface area contributed by atoms with Crippen LogP contribution in [0.1, 0.15) is 42.6 Å². The van der Waals surface area contributed by atoms with Crippen molar-refractivity contribution in [3.63, 3.8) is 0 Å². The van der Waals surface area contributed by atoms with Gasteiger partial charge < -0.3 is 9.64 Å². The first-order valence-electron chi connectivity index (χ1n) is 7.83. The van der Waals surface area contributed by atoms with Crippen LogP contribution in [0.4, 0.5) is 13.2 Å². The van der Waals surface area contributed by atoms with E-state index >= 15 is 0 Å². The first kappa shape index (κ1) is 18.3. The minimum Gasteiger partial charge on any atom is -0.445 e. The molecule has 0 fully saturated rings. The number of fused-ring (bicyclic) bond motifs is 1. The molecule has 1 aliphatic rings. The molecular weight excluding hydrogens is 323 g/mol.